The Kier molecular flexibility index (Phi) is 5.81. The summed E-state index contributed by atoms with van der Waals surface area (Å²) in [6.45, 7) is 0. The second kappa shape index (κ2) is 7.84. The monoisotopic (exact) mass is 348 g/mol. The first-order chi connectivity index (χ1) is 10.2. The van der Waals surface area contributed by atoms with Crippen LogP contribution < -0.4 is 4.74 Å². The molecule has 0 spiro atoms. The molecule has 2 aromatic rings. The number of carbonyl (C=O) groups is 1. The van der Waals surface area contributed by atoms with Gasteiger partial charge in [0.15, 0.2) is 0 Å². The normalized spacial score (nSPS) is 11.7. The van der Waals surface area contributed by atoms with E-state index in [1.54, 1.807) is 24.3 Å². The summed E-state index contributed by atoms with van der Waals surface area (Å²) >= 11 is 3.48. The summed E-state index contributed by atoms with van der Waals surface area (Å²) in [4.78, 5) is 11.4. The molecule has 21 heavy (non-hydrogen) atoms. The van der Waals surface area contributed by atoms with E-state index in [9.17, 15) is 4.79 Å². The number of esters is 1. The second-order valence-electron chi connectivity index (χ2n) is 4.60. The van der Waals surface area contributed by atoms with Crippen molar-refractivity contribution in [1.29, 1.82) is 0 Å². The Bertz CT molecular complexity index is 566. The largest absolute Gasteiger partial charge is 0.489 e. The summed E-state index contributed by atoms with van der Waals surface area (Å²) in [5.41, 5.74) is 1.75. The lowest BCUT2D eigenvalue weighted by Crippen LogP contribution is -2.21. The van der Waals surface area contributed by atoms with Crippen LogP contribution in [0.25, 0.3) is 0 Å². The van der Waals surface area contributed by atoms with Gasteiger partial charge in [-0.1, -0.05) is 46.3 Å². The first-order valence-electron chi connectivity index (χ1n) is 6.68. The predicted octanol–water partition coefficient (Wildman–Crippen LogP) is 3.86. The van der Waals surface area contributed by atoms with Gasteiger partial charge in [0.1, 0.15) is 11.9 Å². The van der Waals surface area contributed by atoms with Crippen LogP contribution in [-0.2, 0) is 11.2 Å². The Morgan fingerprint density at radius 2 is 1.76 bits per heavy atom. The summed E-state index contributed by atoms with van der Waals surface area (Å²) in [5.74, 6) is 0.394. The van der Waals surface area contributed by atoms with E-state index in [0.29, 0.717) is 5.56 Å². The fourth-order valence-corrected chi connectivity index (χ4v) is 2.35. The first kappa shape index (κ1) is 15.6. The number of halogens is 1. The molecule has 0 saturated heterocycles. The van der Waals surface area contributed by atoms with Gasteiger partial charge in [-0.3, -0.25) is 0 Å². The van der Waals surface area contributed by atoms with Gasteiger partial charge in [0.05, 0.1) is 12.7 Å². The van der Waals surface area contributed by atoms with Crippen molar-refractivity contribution in [1.82, 2.24) is 0 Å². The highest BCUT2D eigenvalue weighted by Gasteiger charge is 2.11. The molecule has 0 N–H and O–H groups in total. The van der Waals surface area contributed by atoms with Crippen molar-refractivity contribution in [3.63, 3.8) is 0 Å². The van der Waals surface area contributed by atoms with Crippen molar-refractivity contribution in [2.75, 3.05) is 12.4 Å². The summed E-state index contributed by atoms with van der Waals surface area (Å²) in [6.07, 6.45) is 0.863. The molecule has 0 radical (unpaired) electrons. The highest BCUT2D eigenvalue weighted by molar-refractivity contribution is 9.09. The minimum atomic E-state index is -0.345. The smallest absolute Gasteiger partial charge is 0.337 e. The zero-order valence-corrected chi connectivity index (χ0v) is 13.4. The average Bonchev–Trinajstić information content (AvgIpc) is 2.55. The molecule has 4 heteroatoms. The second-order valence-corrected chi connectivity index (χ2v) is 5.25. The number of carbonyl (C=O) groups excluding carboxylic acids is 1. The maximum atomic E-state index is 11.4. The third-order valence-electron chi connectivity index (χ3n) is 3.06. The van der Waals surface area contributed by atoms with E-state index in [-0.39, 0.29) is 12.1 Å². The van der Waals surface area contributed by atoms with Gasteiger partial charge in [-0.2, -0.15) is 0 Å². The molecular formula is C17H17BrO3. The van der Waals surface area contributed by atoms with Crippen molar-refractivity contribution in [2.45, 2.75) is 12.5 Å². The third-order valence-corrected chi connectivity index (χ3v) is 3.78. The van der Waals surface area contributed by atoms with Gasteiger partial charge in [-0.25, -0.2) is 4.79 Å². The standard InChI is InChI=1S/C17H17BrO3/c1-20-17(19)14-7-9-15(10-8-14)21-16(12-18)11-13-5-3-2-4-6-13/h2-10,16H,11-12H2,1H3/t16-/m0/s1. The summed E-state index contributed by atoms with van der Waals surface area (Å²) in [5, 5.41) is 0.737. The van der Waals surface area contributed by atoms with Crippen LogP contribution >= 0.6 is 15.9 Å². The van der Waals surface area contributed by atoms with Crippen LogP contribution in [0.1, 0.15) is 15.9 Å². The van der Waals surface area contributed by atoms with E-state index >= 15 is 0 Å². The molecule has 1 atom stereocenters. The van der Waals surface area contributed by atoms with E-state index in [1.807, 2.05) is 18.2 Å². The van der Waals surface area contributed by atoms with E-state index in [1.165, 1.54) is 12.7 Å². The maximum Gasteiger partial charge on any atom is 0.337 e. The van der Waals surface area contributed by atoms with Crippen LogP contribution in [-0.4, -0.2) is 24.5 Å². The number of hydrogen-bond acceptors (Lipinski definition) is 3. The number of benzene rings is 2. The molecule has 0 aliphatic carbocycles. The molecule has 3 nitrogen and oxygen atoms in total. The van der Waals surface area contributed by atoms with Crippen LogP contribution in [0.2, 0.25) is 0 Å². The average molecular weight is 349 g/mol. The Labute approximate surface area is 133 Å². The quantitative estimate of drug-likeness (QED) is 0.587. The highest BCUT2D eigenvalue weighted by Crippen LogP contribution is 2.17. The molecule has 0 fully saturated rings. The number of ether oxygens (including phenoxy) is 2. The number of rotatable bonds is 6. The van der Waals surface area contributed by atoms with E-state index in [4.69, 9.17) is 4.74 Å². The zero-order valence-electron chi connectivity index (χ0n) is 11.8. The SMILES string of the molecule is COC(=O)c1ccc(O[C@H](CBr)Cc2ccccc2)cc1. The zero-order chi connectivity index (χ0) is 15.1. The summed E-state index contributed by atoms with van der Waals surface area (Å²) < 4.78 is 10.6. The van der Waals surface area contributed by atoms with Gasteiger partial charge in [0.25, 0.3) is 0 Å². The van der Waals surface area contributed by atoms with Crippen molar-refractivity contribution < 1.29 is 14.3 Å². The predicted molar refractivity (Wildman–Crippen MR) is 86.1 cm³/mol. The molecular weight excluding hydrogens is 332 g/mol. The maximum absolute atomic E-state index is 11.4. The fourth-order valence-electron chi connectivity index (χ4n) is 1.98. The molecule has 110 valence electrons. The van der Waals surface area contributed by atoms with E-state index < -0.39 is 0 Å². The number of methoxy groups -OCH3 is 1. The number of alkyl halides is 1. The molecule has 0 amide bonds. The lowest BCUT2D eigenvalue weighted by Gasteiger charge is -2.17. The fraction of sp³-hybridized carbons (Fsp3) is 0.235. The van der Waals surface area contributed by atoms with Crippen molar-refractivity contribution in [2.24, 2.45) is 0 Å². The third kappa shape index (κ3) is 4.60. The van der Waals surface area contributed by atoms with Crippen LogP contribution in [0.3, 0.4) is 0 Å². The molecule has 0 saturated carbocycles. The van der Waals surface area contributed by atoms with Crippen LogP contribution in [0.4, 0.5) is 0 Å². The van der Waals surface area contributed by atoms with Crippen molar-refractivity contribution >= 4 is 21.9 Å². The Balaban J connectivity index is 2.00. The first-order valence-corrected chi connectivity index (χ1v) is 7.80. The van der Waals surface area contributed by atoms with Gasteiger partial charge >= 0.3 is 5.97 Å². The van der Waals surface area contributed by atoms with Gasteiger partial charge in [-0.15, -0.1) is 0 Å². The Hall–Kier alpha value is -1.81. The van der Waals surface area contributed by atoms with Gasteiger partial charge in [-0.05, 0) is 29.8 Å². The summed E-state index contributed by atoms with van der Waals surface area (Å²) in [7, 11) is 1.37. The molecule has 0 aliphatic heterocycles. The Morgan fingerprint density at radius 3 is 2.33 bits per heavy atom. The van der Waals surface area contributed by atoms with E-state index in [2.05, 4.69) is 32.8 Å². The topological polar surface area (TPSA) is 35.5 Å². The Morgan fingerprint density at radius 1 is 1.10 bits per heavy atom. The van der Waals surface area contributed by atoms with Gasteiger partial charge in [0, 0.05) is 11.8 Å². The lowest BCUT2D eigenvalue weighted by atomic mass is 10.1. The lowest BCUT2D eigenvalue weighted by molar-refractivity contribution is 0.0600. The van der Waals surface area contributed by atoms with E-state index in [0.717, 1.165) is 17.5 Å². The highest BCUT2D eigenvalue weighted by atomic mass is 79.9. The summed E-state index contributed by atoms with van der Waals surface area (Å²) in [6, 6.07) is 17.2. The molecule has 0 bridgehead atoms. The minimum absolute atomic E-state index is 0.0383. The van der Waals surface area contributed by atoms with Gasteiger partial charge in [0.2, 0.25) is 0 Å². The van der Waals surface area contributed by atoms with Gasteiger partial charge < -0.3 is 9.47 Å². The minimum Gasteiger partial charge on any atom is -0.489 e. The number of hydrogen-bond donors (Lipinski definition) is 0. The molecule has 2 aromatic carbocycles. The molecule has 0 aliphatic rings. The van der Waals surface area contributed by atoms with Crippen molar-refractivity contribution in [3.05, 3.63) is 65.7 Å². The van der Waals surface area contributed by atoms with Crippen LogP contribution in [0, 0.1) is 0 Å². The molecule has 0 heterocycles. The molecule has 0 aromatic heterocycles. The van der Waals surface area contributed by atoms with Crippen molar-refractivity contribution in [3.8, 4) is 5.75 Å². The van der Waals surface area contributed by atoms with Crippen LogP contribution in [0.15, 0.2) is 54.6 Å². The molecule has 0 unspecified atom stereocenters. The molecule has 2 rings (SSSR count). The van der Waals surface area contributed by atoms with Crippen LogP contribution in [0.5, 0.6) is 5.75 Å².